The standard InChI is InChI=1S/C29H32N4O4/c1-18-15-20(19(2)33(18)23-11-7-21(8-12-23)29(3,4)5)16-25-27(35)32(28(36)31-25)17-26(34)30-22-9-13-24(37-6)14-10-22/h7-16H,17H2,1-6H3,(H,30,34)(H,31,36)/b25-16-. The number of imide groups is 1. The minimum Gasteiger partial charge on any atom is -0.497 e. The number of nitrogens with zero attached hydrogens (tertiary/aromatic N) is 2. The third-order valence-electron chi connectivity index (χ3n) is 6.40. The van der Waals surface area contributed by atoms with Crippen LogP contribution in [0.2, 0.25) is 0 Å². The summed E-state index contributed by atoms with van der Waals surface area (Å²) in [6.45, 7) is 10.1. The van der Waals surface area contributed by atoms with Crippen molar-refractivity contribution < 1.29 is 19.1 Å². The van der Waals surface area contributed by atoms with Crippen molar-refractivity contribution in [3.05, 3.63) is 82.8 Å². The molecular weight excluding hydrogens is 468 g/mol. The number of aromatic nitrogens is 1. The first-order chi connectivity index (χ1) is 17.5. The Hall–Kier alpha value is -4.33. The van der Waals surface area contributed by atoms with Crippen LogP contribution in [-0.2, 0) is 15.0 Å². The molecule has 0 saturated carbocycles. The van der Waals surface area contributed by atoms with Gasteiger partial charge in [0.2, 0.25) is 5.91 Å². The van der Waals surface area contributed by atoms with Crippen LogP contribution in [0.4, 0.5) is 10.5 Å². The summed E-state index contributed by atoms with van der Waals surface area (Å²) in [4.78, 5) is 38.8. The van der Waals surface area contributed by atoms with E-state index in [2.05, 4.69) is 60.2 Å². The zero-order valence-electron chi connectivity index (χ0n) is 22.0. The van der Waals surface area contributed by atoms with E-state index in [1.165, 1.54) is 5.56 Å². The Kier molecular flexibility index (Phi) is 6.94. The molecule has 1 saturated heterocycles. The Balaban J connectivity index is 1.50. The van der Waals surface area contributed by atoms with Crippen LogP contribution in [0.1, 0.15) is 43.3 Å². The lowest BCUT2D eigenvalue weighted by Gasteiger charge is -2.20. The third-order valence-corrected chi connectivity index (χ3v) is 6.40. The minimum atomic E-state index is -0.632. The van der Waals surface area contributed by atoms with Crippen LogP contribution in [0.25, 0.3) is 11.8 Å². The molecule has 0 radical (unpaired) electrons. The molecule has 2 aromatic carbocycles. The minimum absolute atomic E-state index is 0.0628. The van der Waals surface area contributed by atoms with Crippen LogP contribution < -0.4 is 15.4 Å². The van der Waals surface area contributed by atoms with Crippen molar-refractivity contribution in [3.63, 3.8) is 0 Å². The zero-order chi connectivity index (χ0) is 26.9. The number of carbonyl (C=O) groups excluding carboxylic acids is 3. The first kappa shape index (κ1) is 25.8. The Morgan fingerprint density at radius 3 is 2.27 bits per heavy atom. The van der Waals surface area contributed by atoms with Crippen LogP contribution in [0.3, 0.4) is 0 Å². The van der Waals surface area contributed by atoms with Gasteiger partial charge in [-0.1, -0.05) is 32.9 Å². The summed E-state index contributed by atoms with van der Waals surface area (Å²) < 4.78 is 7.21. The summed E-state index contributed by atoms with van der Waals surface area (Å²) in [6.07, 6.45) is 1.66. The number of benzene rings is 2. The lowest BCUT2D eigenvalue weighted by atomic mass is 9.87. The van der Waals surface area contributed by atoms with Gasteiger partial charge < -0.3 is 19.9 Å². The van der Waals surface area contributed by atoms with Crippen molar-refractivity contribution in [1.29, 1.82) is 0 Å². The van der Waals surface area contributed by atoms with Gasteiger partial charge in [-0.3, -0.25) is 9.59 Å². The van der Waals surface area contributed by atoms with Crippen LogP contribution in [-0.4, -0.2) is 41.0 Å². The van der Waals surface area contributed by atoms with Gasteiger partial charge in [0, 0.05) is 22.8 Å². The second kappa shape index (κ2) is 9.97. The molecule has 1 aliphatic heterocycles. The molecule has 1 aromatic heterocycles. The molecule has 4 amide bonds. The maximum atomic E-state index is 13.0. The van der Waals surface area contributed by atoms with Crippen LogP contribution >= 0.6 is 0 Å². The van der Waals surface area contributed by atoms with E-state index < -0.39 is 24.4 Å². The fourth-order valence-electron chi connectivity index (χ4n) is 4.33. The van der Waals surface area contributed by atoms with Gasteiger partial charge in [0.05, 0.1) is 7.11 Å². The highest BCUT2D eigenvalue weighted by molar-refractivity contribution is 6.16. The number of carbonyl (C=O) groups is 3. The summed E-state index contributed by atoms with van der Waals surface area (Å²) in [7, 11) is 1.55. The van der Waals surface area contributed by atoms with Crippen LogP contribution in [0.15, 0.2) is 60.3 Å². The van der Waals surface area contributed by atoms with E-state index in [0.29, 0.717) is 11.4 Å². The fourth-order valence-corrected chi connectivity index (χ4v) is 4.33. The first-order valence-electron chi connectivity index (χ1n) is 12.1. The number of anilines is 1. The van der Waals surface area contributed by atoms with E-state index in [0.717, 1.165) is 27.5 Å². The van der Waals surface area contributed by atoms with Gasteiger partial charge in [0.15, 0.2) is 0 Å². The number of nitrogens with one attached hydrogen (secondary N) is 2. The highest BCUT2D eigenvalue weighted by atomic mass is 16.5. The van der Waals surface area contributed by atoms with E-state index in [4.69, 9.17) is 4.74 Å². The summed E-state index contributed by atoms with van der Waals surface area (Å²) in [5.41, 5.74) is 5.75. The molecule has 192 valence electrons. The molecule has 37 heavy (non-hydrogen) atoms. The Labute approximate surface area is 216 Å². The van der Waals surface area contributed by atoms with Crippen molar-refractivity contribution in [2.75, 3.05) is 19.0 Å². The van der Waals surface area contributed by atoms with Crippen LogP contribution in [0.5, 0.6) is 5.75 Å². The van der Waals surface area contributed by atoms with E-state index in [1.54, 1.807) is 37.5 Å². The number of hydrogen-bond acceptors (Lipinski definition) is 4. The van der Waals surface area contributed by atoms with Gasteiger partial charge >= 0.3 is 6.03 Å². The number of aryl methyl sites for hydroxylation is 1. The van der Waals surface area contributed by atoms with Gasteiger partial charge in [-0.2, -0.15) is 0 Å². The van der Waals surface area contributed by atoms with Crippen LogP contribution in [0, 0.1) is 13.8 Å². The largest absolute Gasteiger partial charge is 0.497 e. The second-order valence-electron chi connectivity index (χ2n) is 10.1. The molecule has 3 aromatic rings. The predicted octanol–water partition coefficient (Wildman–Crippen LogP) is 4.93. The fraction of sp³-hybridized carbons (Fsp3) is 0.276. The van der Waals surface area contributed by atoms with E-state index in [9.17, 15) is 14.4 Å². The van der Waals surface area contributed by atoms with Crippen molar-refractivity contribution >= 4 is 29.6 Å². The van der Waals surface area contributed by atoms with Gasteiger partial charge in [0.1, 0.15) is 18.0 Å². The molecule has 8 heteroatoms. The lowest BCUT2D eigenvalue weighted by Crippen LogP contribution is -2.38. The average Bonchev–Trinajstić information content (AvgIpc) is 3.27. The number of hydrogen-bond donors (Lipinski definition) is 2. The predicted molar refractivity (Wildman–Crippen MR) is 144 cm³/mol. The molecule has 1 aliphatic rings. The molecule has 0 spiro atoms. The van der Waals surface area contributed by atoms with Crippen molar-refractivity contribution in [3.8, 4) is 11.4 Å². The molecule has 8 nitrogen and oxygen atoms in total. The third kappa shape index (κ3) is 5.43. The van der Waals surface area contributed by atoms with Gasteiger partial charge in [-0.25, -0.2) is 9.69 Å². The summed E-state index contributed by atoms with van der Waals surface area (Å²) in [5.74, 6) is -0.371. The maximum absolute atomic E-state index is 13.0. The first-order valence-corrected chi connectivity index (χ1v) is 12.1. The lowest BCUT2D eigenvalue weighted by molar-refractivity contribution is -0.127. The van der Waals surface area contributed by atoms with Gasteiger partial charge in [-0.05, 0) is 78.9 Å². The molecule has 4 rings (SSSR count). The molecule has 0 bridgehead atoms. The van der Waals surface area contributed by atoms with Crippen molar-refractivity contribution in [1.82, 2.24) is 14.8 Å². The smallest absolute Gasteiger partial charge is 0.329 e. The van der Waals surface area contributed by atoms with Gasteiger partial charge in [-0.15, -0.1) is 0 Å². The summed E-state index contributed by atoms with van der Waals surface area (Å²) in [5, 5.41) is 5.28. The molecule has 0 atom stereocenters. The normalized spacial score (nSPS) is 14.8. The molecule has 2 heterocycles. The topological polar surface area (TPSA) is 92.7 Å². The van der Waals surface area contributed by atoms with Crippen molar-refractivity contribution in [2.24, 2.45) is 0 Å². The molecule has 1 fully saturated rings. The quantitative estimate of drug-likeness (QED) is 0.371. The summed E-state index contributed by atoms with van der Waals surface area (Å²) in [6, 6.07) is 16.5. The van der Waals surface area contributed by atoms with Gasteiger partial charge in [0.25, 0.3) is 5.91 Å². The summed E-state index contributed by atoms with van der Waals surface area (Å²) >= 11 is 0. The number of amides is 4. The monoisotopic (exact) mass is 500 g/mol. The molecule has 0 unspecified atom stereocenters. The average molecular weight is 501 g/mol. The zero-order valence-corrected chi connectivity index (χ0v) is 22.0. The van der Waals surface area contributed by atoms with E-state index in [-0.39, 0.29) is 11.1 Å². The Morgan fingerprint density at radius 1 is 1.03 bits per heavy atom. The SMILES string of the molecule is COc1ccc(NC(=O)CN2C(=O)N/C(=C\c3cc(C)n(-c4ccc(C(C)(C)C)cc4)c3C)C2=O)cc1. The van der Waals surface area contributed by atoms with Crippen molar-refractivity contribution in [2.45, 2.75) is 40.0 Å². The molecule has 2 N–H and O–H groups in total. The second-order valence-corrected chi connectivity index (χ2v) is 10.1. The highest BCUT2D eigenvalue weighted by Gasteiger charge is 2.35. The number of ether oxygens (including phenoxy) is 1. The van der Waals surface area contributed by atoms with E-state index >= 15 is 0 Å². The number of rotatable bonds is 6. The number of methoxy groups -OCH3 is 1. The van der Waals surface area contributed by atoms with E-state index in [1.807, 2.05) is 19.9 Å². The number of urea groups is 1. The molecular formula is C29H32N4O4. The Morgan fingerprint density at radius 2 is 1.68 bits per heavy atom. The maximum Gasteiger partial charge on any atom is 0.329 e. The Bertz CT molecular complexity index is 1380. The highest BCUT2D eigenvalue weighted by Crippen LogP contribution is 2.27. The molecule has 0 aliphatic carbocycles.